The first-order valence-electron chi connectivity index (χ1n) is 7.76. The Labute approximate surface area is 181 Å². The molecule has 0 aliphatic carbocycles. The van der Waals surface area contributed by atoms with E-state index in [4.69, 9.17) is 9.84 Å². The molecule has 0 aliphatic rings. The maximum Gasteiger partial charge on any atom is 0.416 e. The van der Waals surface area contributed by atoms with Crippen molar-refractivity contribution in [1.82, 2.24) is 0 Å². The number of anilines is 1. The molecule has 2 rings (SSSR count). The molecule has 0 saturated carbocycles. The maximum atomic E-state index is 13.1. The van der Waals surface area contributed by atoms with E-state index in [-0.39, 0.29) is 30.0 Å². The quantitative estimate of drug-likeness (QED) is 0.507. The van der Waals surface area contributed by atoms with Crippen LogP contribution in [-0.4, -0.2) is 25.7 Å². The molecule has 6 nitrogen and oxygen atoms in total. The molecule has 12 heteroatoms. The first-order valence-corrected chi connectivity index (χ1v) is 11.2. The number of carboxylic acid groups (broad SMARTS) is 1. The van der Waals surface area contributed by atoms with Gasteiger partial charge in [0.1, 0.15) is 12.4 Å². The number of hydrogen-bond acceptors (Lipinski definition) is 4. The van der Waals surface area contributed by atoms with Gasteiger partial charge in [-0.05, 0) is 73.3 Å². The first-order chi connectivity index (χ1) is 13.2. The lowest BCUT2D eigenvalue weighted by atomic mass is 10.1. The number of carboxylic acids is 1. The average molecular weight is 561 g/mol. The third-order valence-corrected chi connectivity index (χ3v) is 5.20. The van der Waals surface area contributed by atoms with Crippen molar-refractivity contribution in [3.05, 3.63) is 56.0 Å². The zero-order chi connectivity index (χ0) is 22.0. The Balaban J connectivity index is 2.32. The number of nitrogens with one attached hydrogen (secondary N) is 1. The highest BCUT2D eigenvalue weighted by atomic mass is 79.9. The zero-order valence-corrected chi connectivity index (χ0v) is 18.7. The van der Waals surface area contributed by atoms with Crippen LogP contribution < -0.4 is 9.46 Å². The Bertz CT molecular complexity index is 1020. The highest BCUT2D eigenvalue weighted by molar-refractivity contribution is 9.11. The van der Waals surface area contributed by atoms with Crippen molar-refractivity contribution in [1.29, 1.82) is 0 Å². The number of aliphatic carboxylic acids is 1. The minimum Gasteiger partial charge on any atom is -0.487 e. The van der Waals surface area contributed by atoms with Crippen LogP contribution in [0.1, 0.15) is 16.7 Å². The molecule has 2 aromatic rings. The van der Waals surface area contributed by atoms with E-state index in [1.165, 1.54) is 18.2 Å². The van der Waals surface area contributed by atoms with Crippen molar-refractivity contribution in [3.8, 4) is 5.75 Å². The fraction of sp³-hybridized carbons (Fsp3) is 0.235. The van der Waals surface area contributed by atoms with Crippen LogP contribution in [0.25, 0.3) is 0 Å². The summed E-state index contributed by atoms with van der Waals surface area (Å²) in [4.78, 5) is 10.8. The molecular weight excluding hydrogens is 547 g/mol. The second kappa shape index (κ2) is 8.92. The van der Waals surface area contributed by atoms with E-state index in [2.05, 4.69) is 31.9 Å². The summed E-state index contributed by atoms with van der Waals surface area (Å²) in [5, 5.41) is 8.87. The summed E-state index contributed by atoms with van der Waals surface area (Å²) in [6.07, 6.45) is -4.06. The van der Waals surface area contributed by atoms with Crippen molar-refractivity contribution in [2.24, 2.45) is 0 Å². The zero-order valence-electron chi connectivity index (χ0n) is 14.7. The molecule has 2 aromatic carbocycles. The number of sulfonamides is 1. The van der Waals surface area contributed by atoms with E-state index in [9.17, 15) is 26.4 Å². The summed E-state index contributed by atoms with van der Waals surface area (Å²) in [6.45, 7) is -0.294. The maximum absolute atomic E-state index is 13.1. The number of halogens is 5. The van der Waals surface area contributed by atoms with Crippen molar-refractivity contribution >= 4 is 53.5 Å². The molecule has 158 valence electrons. The normalized spacial score (nSPS) is 11.9. The smallest absolute Gasteiger partial charge is 0.416 e. The van der Waals surface area contributed by atoms with Crippen LogP contribution in [0.3, 0.4) is 0 Å². The van der Waals surface area contributed by atoms with Crippen LogP contribution >= 0.6 is 31.9 Å². The van der Waals surface area contributed by atoms with Gasteiger partial charge in [-0.3, -0.25) is 9.52 Å². The second-order valence-electron chi connectivity index (χ2n) is 6.04. The average Bonchev–Trinajstić information content (AvgIpc) is 2.50. The monoisotopic (exact) mass is 559 g/mol. The molecule has 0 aromatic heterocycles. The standard InChI is InChI=1S/C17H14Br2F3NO5S/c1-29(26,27)23-12-3-10(2-11(7-12)17(20,21)22)8-28-16-13(18)4-9(5-14(16)19)6-15(24)25/h2-5,7,23H,6,8H2,1H3,(H,24,25). The van der Waals surface area contributed by atoms with Crippen LogP contribution in [0.2, 0.25) is 0 Å². The molecular formula is C17H14Br2F3NO5S. The molecule has 29 heavy (non-hydrogen) atoms. The van der Waals surface area contributed by atoms with Gasteiger partial charge in [0, 0.05) is 5.69 Å². The summed E-state index contributed by atoms with van der Waals surface area (Å²) in [7, 11) is -3.77. The third-order valence-electron chi connectivity index (χ3n) is 3.42. The number of benzene rings is 2. The van der Waals surface area contributed by atoms with Crippen molar-refractivity contribution < 1.29 is 36.2 Å². The van der Waals surface area contributed by atoms with Crippen molar-refractivity contribution in [3.63, 3.8) is 0 Å². The lowest BCUT2D eigenvalue weighted by molar-refractivity contribution is -0.138. The largest absolute Gasteiger partial charge is 0.487 e. The van der Waals surface area contributed by atoms with Gasteiger partial charge in [0.05, 0.1) is 27.2 Å². The van der Waals surface area contributed by atoms with E-state index in [0.29, 0.717) is 20.6 Å². The summed E-state index contributed by atoms with van der Waals surface area (Å²) in [5.74, 6) is -0.762. The van der Waals surface area contributed by atoms with Crippen molar-refractivity contribution in [2.45, 2.75) is 19.2 Å². The molecule has 0 fully saturated rings. The highest BCUT2D eigenvalue weighted by Crippen LogP contribution is 2.36. The van der Waals surface area contributed by atoms with Gasteiger partial charge in [-0.25, -0.2) is 8.42 Å². The van der Waals surface area contributed by atoms with Gasteiger partial charge in [-0.1, -0.05) is 0 Å². The van der Waals surface area contributed by atoms with Gasteiger partial charge in [-0.2, -0.15) is 13.2 Å². The Morgan fingerprint density at radius 2 is 1.69 bits per heavy atom. The van der Waals surface area contributed by atoms with Crippen LogP contribution in [-0.2, 0) is 34.0 Å². The SMILES string of the molecule is CS(=O)(=O)Nc1cc(COc2c(Br)cc(CC(=O)O)cc2Br)cc(C(F)(F)F)c1. The summed E-state index contributed by atoms with van der Waals surface area (Å²) in [6, 6.07) is 5.83. The van der Waals surface area contributed by atoms with E-state index >= 15 is 0 Å². The molecule has 0 amide bonds. The molecule has 0 bridgehead atoms. The number of alkyl halides is 3. The third kappa shape index (κ3) is 7.19. The van der Waals surface area contributed by atoms with Gasteiger partial charge >= 0.3 is 12.1 Å². The number of ether oxygens (including phenoxy) is 1. The molecule has 0 atom stereocenters. The molecule has 2 N–H and O–H groups in total. The van der Waals surface area contributed by atoms with Gasteiger partial charge in [0.2, 0.25) is 10.0 Å². The Kier molecular flexibility index (Phi) is 7.23. The summed E-state index contributed by atoms with van der Waals surface area (Å²) in [5.41, 5.74) is -0.697. The van der Waals surface area contributed by atoms with Crippen LogP contribution in [0.4, 0.5) is 18.9 Å². The topological polar surface area (TPSA) is 92.7 Å². The van der Waals surface area contributed by atoms with Gasteiger partial charge in [0.25, 0.3) is 0 Å². The predicted molar refractivity (Wildman–Crippen MR) is 107 cm³/mol. The van der Waals surface area contributed by atoms with Gasteiger partial charge < -0.3 is 9.84 Å². The van der Waals surface area contributed by atoms with E-state index in [1.54, 1.807) is 0 Å². The van der Waals surface area contributed by atoms with E-state index in [1.807, 2.05) is 4.72 Å². The fourth-order valence-electron chi connectivity index (χ4n) is 2.39. The van der Waals surface area contributed by atoms with E-state index < -0.39 is 27.7 Å². The van der Waals surface area contributed by atoms with Crippen molar-refractivity contribution in [2.75, 3.05) is 11.0 Å². The van der Waals surface area contributed by atoms with Crippen LogP contribution in [0.15, 0.2) is 39.3 Å². The molecule has 0 unspecified atom stereocenters. The minimum absolute atomic E-state index is 0.0828. The Morgan fingerprint density at radius 1 is 1.10 bits per heavy atom. The highest BCUT2D eigenvalue weighted by Gasteiger charge is 2.31. The first kappa shape index (κ1) is 23.5. The molecule has 0 saturated heterocycles. The lowest BCUT2D eigenvalue weighted by Crippen LogP contribution is -2.13. The number of hydrogen-bond donors (Lipinski definition) is 2. The molecule has 0 aliphatic heterocycles. The van der Waals surface area contributed by atoms with Crippen LogP contribution in [0.5, 0.6) is 5.75 Å². The Hall–Kier alpha value is -1.79. The van der Waals surface area contributed by atoms with Gasteiger partial charge in [-0.15, -0.1) is 0 Å². The minimum atomic E-state index is -4.68. The lowest BCUT2D eigenvalue weighted by Gasteiger charge is -2.15. The number of carbonyl (C=O) groups is 1. The second-order valence-corrected chi connectivity index (χ2v) is 9.50. The summed E-state index contributed by atoms with van der Waals surface area (Å²) < 4.78 is 70.6. The molecule has 0 spiro atoms. The molecule has 0 radical (unpaired) electrons. The number of rotatable bonds is 7. The summed E-state index contributed by atoms with van der Waals surface area (Å²) >= 11 is 6.48. The van der Waals surface area contributed by atoms with Gasteiger partial charge in [0.15, 0.2) is 0 Å². The van der Waals surface area contributed by atoms with Crippen LogP contribution in [0, 0.1) is 0 Å². The van der Waals surface area contributed by atoms with E-state index in [0.717, 1.165) is 12.3 Å². The predicted octanol–water partition coefficient (Wildman–Crippen LogP) is 4.81. The Morgan fingerprint density at radius 3 is 2.17 bits per heavy atom. The fourth-order valence-corrected chi connectivity index (χ4v) is 4.45. The molecule has 0 heterocycles.